The largest absolute Gasteiger partial charge is 0.492 e. The first-order chi connectivity index (χ1) is 13.4. The third-order valence-electron chi connectivity index (χ3n) is 4.44. The second-order valence-electron chi connectivity index (χ2n) is 6.43. The van der Waals surface area contributed by atoms with Gasteiger partial charge in [-0.3, -0.25) is 9.52 Å². The van der Waals surface area contributed by atoms with E-state index in [4.69, 9.17) is 9.47 Å². The van der Waals surface area contributed by atoms with E-state index >= 15 is 0 Å². The van der Waals surface area contributed by atoms with Gasteiger partial charge in [0.15, 0.2) is 0 Å². The van der Waals surface area contributed by atoms with Crippen molar-refractivity contribution in [2.24, 2.45) is 0 Å². The van der Waals surface area contributed by atoms with Crippen molar-refractivity contribution in [1.29, 1.82) is 0 Å². The maximum Gasteiger partial charge on any atom is 0.265 e. The quantitative estimate of drug-likeness (QED) is 0.800. The average molecular weight is 404 g/mol. The predicted molar refractivity (Wildman–Crippen MR) is 107 cm³/mol. The van der Waals surface area contributed by atoms with Crippen LogP contribution in [-0.2, 0) is 10.0 Å². The Morgan fingerprint density at radius 2 is 1.96 bits per heavy atom. The zero-order valence-electron chi connectivity index (χ0n) is 16.2. The van der Waals surface area contributed by atoms with Crippen LogP contribution in [0.2, 0.25) is 0 Å². The predicted octanol–water partition coefficient (Wildman–Crippen LogP) is 3.05. The number of fused-ring (bicyclic) bond motifs is 1. The lowest BCUT2D eigenvalue weighted by atomic mass is 10.1. The number of amides is 1. The molecule has 0 aliphatic carbocycles. The molecular weight excluding hydrogens is 380 g/mol. The number of hydrogen-bond donors (Lipinski definition) is 1. The standard InChI is InChI=1S/C20H24N2O5S/c1-4-22-10-11-27-17-9-7-15(13-16(17)20(22)23)21-28(24,25)19-12-14(3)6-8-18(19)26-5-2/h6-9,12-13,21H,4-5,10-11H2,1-3H3. The van der Waals surface area contributed by atoms with Crippen molar-refractivity contribution in [3.8, 4) is 11.5 Å². The summed E-state index contributed by atoms with van der Waals surface area (Å²) in [4.78, 5) is 14.4. The van der Waals surface area contributed by atoms with Crippen molar-refractivity contribution >= 4 is 21.6 Å². The topological polar surface area (TPSA) is 84.9 Å². The van der Waals surface area contributed by atoms with E-state index in [1.807, 2.05) is 13.8 Å². The highest BCUT2D eigenvalue weighted by Crippen LogP contribution is 2.30. The summed E-state index contributed by atoms with van der Waals surface area (Å²) in [5.41, 5.74) is 1.43. The van der Waals surface area contributed by atoms with Crippen LogP contribution >= 0.6 is 0 Å². The summed E-state index contributed by atoms with van der Waals surface area (Å²) in [7, 11) is -3.90. The lowest BCUT2D eigenvalue weighted by Crippen LogP contribution is -2.32. The molecule has 0 atom stereocenters. The fourth-order valence-electron chi connectivity index (χ4n) is 3.04. The van der Waals surface area contributed by atoms with E-state index in [0.717, 1.165) is 5.56 Å². The Hall–Kier alpha value is -2.74. The van der Waals surface area contributed by atoms with Gasteiger partial charge in [0.2, 0.25) is 0 Å². The second-order valence-corrected chi connectivity index (χ2v) is 8.08. The number of carbonyl (C=O) groups excluding carboxylic acids is 1. The van der Waals surface area contributed by atoms with Gasteiger partial charge in [0, 0.05) is 12.2 Å². The molecule has 1 aliphatic rings. The molecule has 0 fully saturated rings. The van der Waals surface area contributed by atoms with Crippen LogP contribution in [0.25, 0.3) is 0 Å². The minimum atomic E-state index is -3.90. The summed E-state index contributed by atoms with van der Waals surface area (Å²) in [5, 5.41) is 0. The fraction of sp³-hybridized carbons (Fsp3) is 0.350. The molecule has 0 bridgehead atoms. The first-order valence-corrected chi connectivity index (χ1v) is 10.7. The monoisotopic (exact) mass is 404 g/mol. The highest BCUT2D eigenvalue weighted by atomic mass is 32.2. The van der Waals surface area contributed by atoms with E-state index in [0.29, 0.717) is 37.6 Å². The maximum atomic E-state index is 13.0. The molecule has 1 amide bonds. The Balaban J connectivity index is 1.96. The molecule has 3 rings (SSSR count). The van der Waals surface area contributed by atoms with Crippen molar-refractivity contribution in [2.45, 2.75) is 25.7 Å². The molecule has 0 radical (unpaired) electrons. The summed E-state index contributed by atoms with van der Waals surface area (Å²) >= 11 is 0. The Bertz CT molecular complexity index is 988. The number of nitrogens with zero attached hydrogens (tertiary/aromatic N) is 1. The number of nitrogens with one attached hydrogen (secondary N) is 1. The first kappa shape index (κ1) is 20.0. The molecule has 2 aromatic rings. The van der Waals surface area contributed by atoms with Crippen LogP contribution in [0.5, 0.6) is 11.5 Å². The van der Waals surface area contributed by atoms with Gasteiger partial charge in [0.25, 0.3) is 15.9 Å². The van der Waals surface area contributed by atoms with Gasteiger partial charge in [-0.05, 0) is 56.7 Å². The number of hydrogen-bond acceptors (Lipinski definition) is 5. The number of likely N-dealkylation sites (N-methyl/N-ethyl adjacent to an activating group) is 1. The Labute approximate surface area is 165 Å². The molecule has 0 saturated heterocycles. The summed E-state index contributed by atoms with van der Waals surface area (Å²) in [6.45, 7) is 7.29. The number of aryl methyl sites for hydroxylation is 1. The van der Waals surface area contributed by atoms with Gasteiger partial charge < -0.3 is 14.4 Å². The minimum Gasteiger partial charge on any atom is -0.492 e. The average Bonchev–Trinajstić information content (AvgIpc) is 2.82. The Morgan fingerprint density at radius 3 is 2.68 bits per heavy atom. The summed E-state index contributed by atoms with van der Waals surface area (Å²) in [5.74, 6) is 0.558. The van der Waals surface area contributed by atoms with Crippen LogP contribution < -0.4 is 14.2 Å². The van der Waals surface area contributed by atoms with E-state index in [1.165, 1.54) is 6.07 Å². The van der Waals surface area contributed by atoms with Crippen molar-refractivity contribution < 1.29 is 22.7 Å². The van der Waals surface area contributed by atoms with Gasteiger partial charge in [-0.1, -0.05) is 6.07 Å². The van der Waals surface area contributed by atoms with E-state index in [2.05, 4.69) is 4.72 Å². The van der Waals surface area contributed by atoms with Gasteiger partial charge in [-0.15, -0.1) is 0 Å². The number of sulfonamides is 1. The minimum absolute atomic E-state index is 0.0575. The van der Waals surface area contributed by atoms with Gasteiger partial charge in [0.1, 0.15) is 23.0 Å². The van der Waals surface area contributed by atoms with Crippen LogP contribution in [0.15, 0.2) is 41.3 Å². The van der Waals surface area contributed by atoms with E-state index < -0.39 is 10.0 Å². The SMILES string of the molecule is CCOc1ccc(C)cc1S(=O)(=O)Nc1ccc2c(c1)C(=O)N(CC)CCO2. The van der Waals surface area contributed by atoms with Gasteiger partial charge in [-0.25, -0.2) is 8.42 Å². The molecule has 1 heterocycles. The number of carbonyl (C=O) groups is 1. The van der Waals surface area contributed by atoms with Crippen molar-refractivity contribution in [2.75, 3.05) is 31.0 Å². The van der Waals surface area contributed by atoms with E-state index in [9.17, 15) is 13.2 Å². The summed E-state index contributed by atoms with van der Waals surface area (Å²) < 4.78 is 39.6. The summed E-state index contributed by atoms with van der Waals surface area (Å²) in [6, 6.07) is 9.71. The smallest absolute Gasteiger partial charge is 0.265 e. The van der Waals surface area contributed by atoms with Crippen LogP contribution in [0, 0.1) is 6.92 Å². The number of rotatable bonds is 6. The molecule has 0 unspecified atom stereocenters. The maximum absolute atomic E-state index is 13.0. The lowest BCUT2D eigenvalue weighted by molar-refractivity contribution is 0.0765. The van der Waals surface area contributed by atoms with E-state index in [-0.39, 0.29) is 22.2 Å². The molecule has 0 aromatic heterocycles. The highest BCUT2D eigenvalue weighted by Gasteiger charge is 2.25. The summed E-state index contributed by atoms with van der Waals surface area (Å²) in [6.07, 6.45) is 0. The van der Waals surface area contributed by atoms with Crippen molar-refractivity contribution in [1.82, 2.24) is 4.90 Å². The Kier molecular flexibility index (Phi) is 5.79. The van der Waals surface area contributed by atoms with Gasteiger partial charge >= 0.3 is 0 Å². The van der Waals surface area contributed by atoms with Crippen LogP contribution in [0.1, 0.15) is 29.8 Å². The van der Waals surface area contributed by atoms with Crippen LogP contribution in [-0.4, -0.2) is 45.5 Å². The molecule has 7 nitrogen and oxygen atoms in total. The van der Waals surface area contributed by atoms with Gasteiger partial charge in [-0.2, -0.15) is 0 Å². The molecule has 0 spiro atoms. The zero-order valence-corrected chi connectivity index (χ0v) is 17.0. The molecule has 1 N–H and O–H groups in total. The van der Waals surface area contributed by atoms with Crippen LogP contribution in [0.3, 0.4) is 0 Å². The zero-order chi connectivity index (χ0) is 20.3. The number of ether oxygens (including phenoxy) is 2. The van der Waals surface area contributed by atoms with Crippen molar-refractivity contribution in [3.05, 3.63) is 47.5 Å². The molecule has 28 heavy (non-hydrogen) atoms. The van der Waals surface area contributed by atoms with E-state index in [1.54, 1.807) is 42.2 Å². The lowest BCUT2D eigenvalue weighted by Gasteiger charge is -2.17. The second kappa shape index (κ2) is 8.10. The van der Waals surface area contributed by atoms with Gasteiger partial charge in [0.05, 0.1) is 18.7 Å². The molecular formula is C20H24N2O5S. The number of benzene rings is 2. The third-order valence-corrected chi connectivity index (χ3v) is 5.84. The third kappa shape index (κ3) is 4.06. The molecule has 150 valence electrons. The highest BCUT2D eigenvalue weighted by molar-refractivity contribution is 7.92. The normalized spacial score (nSPS) is 14.1. The Morgan fingerprint density at radius 1 is 1.18 bits per heavy atom. The number of anilines is 1. The van der Waals surface area contributed by atoms with Crippen LogP contribution in [0.4, 0.5) is 5.69 Å². The fourth-order valence-corrected chi connectivity index (χ4v) is 4.32. The molecule has 1 aliphatic heterocycles. The first-order valence-electron chi connectivity index (χ1n) is 9.18. The molecule has 8 heteroatoms. The van der Waals surface area contributed by atoms with Crippen molar-refractivity contribution in [3.63, 3.8) is 0 Å². The molecule has 0 saturated carbocycles. The molecule has 2 aromatic carbocycles.